The number of pyridine rings is 1. The Hall–Kier alpha value is -3.27. The third-order valence-electron chi connectivity index (χ3n) is 10.1. The van der Waals surface area contributed by atoms with Crippen LogP contribution in [0.5, 0.6) is 0 Å². The number of rotatable bonds is 6. The minimum absolute atomic E-state index is 0.0936. The molecule has 0 radical (unpaired) electrons. The number of allylic oxidation sites excluding steroid dienone is 10. The highest BCUT2D eigenvalue weighted by atomic mass is 15.2. The molecule has 1 aliphatic heterocycles. The van der Waals surface area contributed by atoms with Gasteiger partial charge in [0.2, 0.25) is 0 Å². The third-order valence-corrected chi connectivity index (χ3v) is 10.1. The molecule has 2 heterocycles. The predicted octanol–water partition coefficient (Wildman–Crippen LogP) is 9.27. The van der Waals surface area contributed by atoms with E-state index in [0.29, 0.717) is 23.7 Å². The summed E-state index contributed by atoms with van der Waals surface area (Å²) in [5.74, 6) is 3.63. The smallest absolute Gasteiger partial charge is 0.132 e. The molecule has 0 spiro atoms. The Kier molecular flexibility index (Phi) is 8.49. The zero-order valence-corrected chi connectivity index (χ0v) is 25.1. The van der Waals surface area contributed by atoms with Crippen molar-refractivity contribution in [3.63, 3.8) is 0 Å². The quantitative estimate of drug-likeness (QED) is 0.354. The maximum absolute atomic E-state index is 5.47. The number of nitrogens with zero attached hydrogens (tertiary/aromatic N) is 3. The maximum atomic E-state index is 5.47. The largest absolute Gasteiger partial charge is 0.348 e. The maximum Gasteiger partial charge on any atom is 0.132 e. The minimum Gasteiger partial charge on any atom is -0.348 e. The number of aromatic nitrogens is 1. The first-order valence-electron chi connectivity index (χ1n) is 16.8. The molecule has 4 nitrogen and oxygen atoms in total. The van der Waals surface area contributed by atoms with Crippen LogP contribution in [0.1, 0.15) is 119 Å². The highest BCUT2D eigenvalue weighted by Crippen LogP contribution is 2.38. The van der Waals surface area contributed by atoms with Crippen molar-refractivity contribution in [2.45, 2.75) is 108 Å². The number of hydrogen-bond donors (Lipinski definition) is 1. The fourth-order valence-corrected chi connectivity index (χ4v) is 7.64. The second kappa shape index (κ2) is 12.9. The molecule has 5 aliphatic carbocycles. The van der Waals surface area contributed by atoms with Crippen LogP contribution >= 0.6 is 0 Å². The summed E-state index contributed by atoms with van der Waals surface area (Å²) in [5, 5.41) is 3.78. The van der Waals surface area contributed by atoms with E-state index >= 15 is 0 Å². The molecule has 0 amide bonds. The van der Waals surface area contributed by atoms with Crippen LogP contribution in [0, 0.1) is 11.8 Å². The Morgan fingerprint density at radius 1 is 0.738 bits per heavy atom. The van der Waals surface area contributed by atoms with E-state index in [0.717, 1.165) is 50.2 Å². The molecule has 5 atom stereocenters. The molecule has 218 valence electrons. The molecule has 0 fully saturated rings. The summed E-state index contributed by atoms with van der Waals surface area (Å²) in [4.78, 5) is 16.1. The Morgan fingerprint density at radius 2 is 1.62 bits per heavy atom. The van der Waals surface area contributed by atoms with Crippen LogP contribution in [0.15, 0.2) is 88.5 Å². The number of aliphatic imine (C=N–C) groups is 2. The topological polar surface area (TPSA) is 49.6 Å². The molecule has 0 saturated heterocycles. The van der Waals surface area contributed by atoms with E-state index in [4.69, 9.17) is 15.0 Å². The van der Waals surface area contributed by atoms with Gasteiger partial charge in [0.05, 0.1) is 5.69 Å². The lowest BCUT2D eigenvalue weighted by molar-refractivity contribution is 0.417. The van der Waals surface area contributed by atoms with Crippen molar-refractivity contribution in [2.75, 3.05) is 0 Å². The van der Waals surface area contributed by atoms with E-state index in [1.807, 2.05) is 0 Å². The molecule has 4 heteroatoms. The van der Waals surface area contributed by atoms with Gasteiger partial charge in [-0.3, -0.25) is 4.98 Å². The molecule has 1 N–H and O–H groups in total. The highest BCUT2D eigenvalue weighted by molar-refractivity contribution is 6.08. The molecule has 0 aromatic carbocycles. The lowest BCUT2D eigenvalue weighted by atomic mass is 9.82. The van der Waals surface area contributed by atoms with Crippen LogP contribution in [0.2, 0.25) is 0 Å². The lowest BCUT2D eigenvalue weighted by Gasteiger charge is -2.33. The zero-order valence-electron chi connectivity index (χ0n) is 25.1. The molecule has 0 saturated carbocycles. The average molecular weight is 559 g/mol. The van der Waals surface area contributed by atoms with Crippen LogP contribution in [0.25, 0.3) is 5.57 Å². The van der Waals surface area contributed by atoms with Gasteiger partial charge in [-0.15, -0.1) is 0 Å². The Balaban J connectivity index is 1.18. The summed E-state index contributed by atoms with van der Waals surface area (Å²) in [6.07, 6.45) is 40.0. The summed E-state index contributed by atoms with van der Waals surface area (Å²) in [7, 11) is 0. The van der Waals surface area contributed by atoms with Crippen molar-refractivity contribution in [2.24, 2.45) is 21.8 Å². The summed E-state index contributed by atoms with van der Waals surface area (Å²) in [6.45, 7) is 0. The van der Waals surface area contributed by atoms with Crippen LogP contribution < -0.4 is 5.32 Å². The third kappa shape index (κ3) is 6.09. The van der Waals surface area contributed by atoms with Gasteiger partial charge in [0, 0.05) is 29.4 Å². The molecule has 0 bridgehead atoms. The summed E-state index contributed by atoms with van der Waals surface area (Å²) < 4.78 is 0. The first-order valence-corrected chi connectivity index (χ1v) is 16.8. The van der Waals surface area contributed by atoms with Crippen LogP contribution in [0.3, 0.4) is 0 Å². The van der Waals surface area contributed by atoms with Gasteiger partial charge >= 0.3 is 0 Å². The Labute approximate surface area is 252 Å². The monoisotopic (exact) mass is 558 g/mol. The van der Waals surface area contributed by atoms with Crippen molar-refractivity contribution in [3.05, 3.63) is 95.4 Å². The molecule has 6 aliphatic rings. The molecule has 1 aromatic heterocycles. The van der Waals surface area contributed by atoms with Gasteiger partial charge in [-0.1, -0.05) is 66.8 Å². The van der Waals surface area contributed by atoms with E-state index in [9.17, 15) is 0 Å². The summed E-state index contributed by atoms with van der Waals surface area (Å²) in [6, 6.07) is 4.70. The lowest BCUT2D eigenvalue weighted by Crippen LogP contribution is -2.44. The number of amidine groups is 2. The zero-order chi connectivity index (χ0) is 28.1. The number of hydrogen-bond acceptors (Lipinski definition) is 4. The van der Waals surface area contributed by atoms with Crippen LogP contribution in [-0.2, 0) is 0 Å². The Morgan fingerprint density at radius 3 is 2.38 bits per heavy atom. The van der Waals surface area contributed by atoms with Crippen LogP contribution in [-0.4, -0.2) is 22.8 Å². The van der Waals surface area contributed by atoms with Crippen molar-refractivity contribution >= 4 is 17.2 Å². The molecule has 7 rings (SSSR count). The van der Waals surface area contributed by atoms with Gasteiger partial charge in [0.1, 0.15) is 17.8 Å². The second-order valence-electron chi connectivity index (χ2n) is 13.0. The summed E-state index contributed by atoms with van der Waals surface area (Å²) >= 11 is 0. The van der Waals surface area contributed by atoms with Gasteiger partial charge in [-0.2, -0.15) is 0 Å². The molecular weight excluding hydrogens is 512 g/mol. The standard InChI is InChI=1S/C38H46N4/c1-5-14-27(15-6-1)33-24-25-34(39-35(33)28-16-7-2-8-17-28)31-22-13-23-32(26-31)38-41-36(29-18-9-3-10-19-29)40-37(42-38)30-20-11-4-12-21-30/h1,5-6,9,13-14,16,18,20,22,24-25,27,29,31-32,36H,2-4,7-8,10-12,15,17,19,21,23,26H2,(H,40,41,42). The molecule has 42 heavy (non-hydrogen) atoms. The van der Waals surface area contributed by atoms with E-state index in [2.05, 4.69) is 78.2 Å². The molecular formula is C38H46N4. The van der Waals surface area contributed by atoms with Gasteiger partial charge in [0.25, 0.3) is 0 Å². The van der Waals surface area contributed by atoms with E-state index < -0.39 is 0 Å². The first-order chi connectivity index (χ1) is 20.8. The SMILES string of the molecule is C1=CCC(c2ccc(C3C=CCC(C4=NC(C5C=CCCC5)NC(C5=CCCCC5)=N4)C3)nc2C2=CCCCC2)C=C1. The van der Waals surface area contributed by atoms with E-state index in [1.54, 1.807) is 0 Å². The fraction of sp³-hybridized carbons (Fsp3) is 0.500. The van der Waals surface area contributed by atoms with Crippen LogP contribution in [0.4, 0.5) is 0 Å². The van der Waals surface area contributed by atoms with Crippen molar-refractivity contribution in [3.8, 4) is 0 Å². The fourth-order valence-electron chi connectivity index (χ4n) is 7.64. The first kappa shape index (κ1) is 27.6. The Bertz CT molecular complexity index is 1400. The normalized spacial score (nSPS) is 31.1. The summed E-state index contributed by atoms with van der Waals surface area (Å²) in [5.41, 5.74) is 6.71. The van der Waals surface area contributed by atoms with Gasteiger partial charge in [-0.25, -0.2) is 9.98 Å². The molecule has 5 unspecified atom stereocenters. The number of nitrogens with one attached hydrogen (secondary N) is 1. The van der Waals surface area contributed by atoms with E-state index in [1.165, 1.54) is 79.5 Å². The van der Waals surface area contributed by atoms with Crippen molar-refractivity contribution in [1.82, 2.24) is 10.3 Å². The van der Waals surface area contributed by atoms with Crippen molar-refractivity contribution < 1.29 is 0 Å². The molecule has 1 aromatic rings. The van der Waals surface area contributed by atoms with Gasteiger partial charge in [-0.05, 0) is 113 Å². The van der Waals surface area contributed by atoms with E-state index in [-0.39, 0.29) is 6.17 Å². The van der Waals surface area contributed by atoms with Gasteiger partial charge < -0.3 is 5.32 Å². The van der Waals surface area contributed by atoms with Gasteiger partial charge in [0.15, 0.2) is 0 Å². The highest BCUT2D eigenvalue weighted by Gasteiger charge is 2.32. The predicted molar refractivity (Wildman–Crippen MR) is 176 cm³/mol. The second-order valence-corrected chi connectivity index (χ2v) is 13.0. The average Bonchev–Trinajstić information content (AvgIpc) is 3.09. The minimum atomic E-state index is 0.0936. The van der Waals surface area contributed by atoms with Crippen molar-refractivity contribution in [1.29, 1.82) is 0 Å².